The van der Waals surface area contributed by atoms with Gasteiger partial charge in [0, 0.05) is 79.9 Å². The molecule has 13 aromatic rings. The number of methoxy groups -OCH3 is 3. The maximum absolute atomic E-state index is 11.6. The van der Waals surface area contributed by atoms with E-state index in [1.54, 1.807) is 52.1 Å². The Hall–Kier alpha value is -14.8. The van der Waals surface area contributed by atoms with Crippen molar-refractivity contribution in [2.45, 2.75) is 91.9 Å². The van der Waals surface area contributed by atoms with Gasteiger partial charge in [-0.15, -0.1) is 34.4 Å². The molecule has 33 nitrogen and oxygen atoms in total. The first-order valence-corrected chi connectivity index (χ1v) is 43.5. The van der Waals surface area contributed by atoms with E-state index in [1.165, 1.54) is 98.9 Å². The van der Waals surface area contributed by atoms with Crippen LogP contribution in [0.25, 0.3) is 55.7 Å². The number of Topliss-reactive ketones (excluding diaryl/α,β-unsaturated/α-hetero) is 2. The standard InChI is InChI=1S/C19H16O4.C17H16N2O3S.C16H12N2O4S.C15H14O4S.C13H14N2O6.C12H15NO5S/c20-19(21)11-16-14-4-2-1-3-12(14)9-15(16)13-5-6-17-18(10-13)23-8-7-22-17;1-10-8-12(4-6-14(10)22-3)16-13(5-7-15(20)21)19-11(2)9-23-17(19)18-16;1-9-7-23-16-17-15(11(18(9)16)3-5-14(19)20)10-2-4-12-13(6-10)22-8-21-12;1-9(16)13-7-11(19-10(13)2)8-20-14-6-4-3-5-12(14)15(17)18;1-7-14-11(15-21-7)6-20-12-9(18-2)4-8(13(16)17)5-10(12)19-3;1-3-4-19(17,18)13-11-6-9(8(2)14)5-10(7-11)12(15)16/h1-6,10H,7-9,11H2,(H,20,21);4-9H,1-3H3,(H,20,21);2-7H,8H2,1H3,(H,19,20);3-7H,8H2,1-2H3,(H,17,18);4-5H,6H2,1-3H3,(H,16,17);5-7,13H,3-4H2,1-2H3,(H,15,16)/p-6/b;7-5+;5-3+;;;. The van der Waals surface area contributed by atoms with E-state index < -0.39 is 45.8 Å². The number of carbonyl (C=O) groups excluding carboxylic acids is 8. The summed E-state index contributed by atoms with van der Waals surface area (Å²) in [5, 5.41) is 73.2. The molecule has 0 atom stereocenters. The van der Waals surface area contributed by atoms with Crippen molar-refractivity contribution in [2.75, 3.05) is 51.8 Å². The number of anilines is 1. The number of fused-ring (bicyclic) bond motifs is 5. The first-order chi connectivity index (χ1) is 61.6. The van der Waals surface area contributed by atoms with Crippen LogP contribution in [0, 0.1) is 34.6 Å². The number of hydrogen-bond donors (Lipinski definition) is 1. The molecule has 3 aliphatic rings. The van der Waals surface area contributed by atoms with Gasteiger partial charge in [0.2, 0.25) is 34.3 Å². The molecule has 0 unspecified atom stereocenters. The summed E-state index contributed by atoms with van der Waals surface area (Å²) in [5.41, 5.74) is 13.1. The first-order valence-electron chi connectivity index (χ1n) is 39.1. The number of ether oxygens (including phenoxy) is 8. The number of benzene rings is 7. The second kappa shape index (κ2) is 42.9. The number of aliphatic carboxylic acids is 3. The molecular formula is C92H81N7O26S4-6. The number of thioether (sulfide) groups is 1. The van der Waals surface area contributed by atoms with Crippen LogP contribution in [0.4, 0.5) is 5.69 Å². The monoisotopic (exact) mass is 1830 g/mol. The molecular weight excluding hydrogens is 1750 g/mol. The molecule has 2 aliphatic heterocycles. The number of rotatable bonds is 27. The number of aromatic nitrogens is 6. The maximum Gasteiger partial charge on any atom is 0.232 e. The molecule has 670 valence electrons. The Morgan fingerprint density at radius 3 is 1.69 bits per heavy atom. The van der Waals surface area contributed by atoms with Gasteiger partial charge in [-0.05, 0) is 209 Å². The minimum Gasteiger partial charge on any atom is -0.550 e. The number of imidazole rings is 2. The summed E-state index contributed by atoms with van der Waals surface area (Å²) in [6.45, 7) is 15.0. The number of aromatic carboxylic acids is 3. The van der Waals surface area contributed by atoms with E-state index in [2.05, 4.69) is 24.8 Å². The molecule has 7 aromatic carbocycles. The van der Waals surface area contributed by atoms with Gasteiger partial charge in [-0.3, -0.25) is 23.1 Å². The highest BCUT2D eigenvalue weighted by atomic mass is 32.2. The van der Waals surface area contributed by atoms with Crippen LogP contribution in [0.5, 0.6) is 46.0 Å². The minimum absolute atomic E-state index is 0.0225. The Bertz CT molecular complexity index is 6580. The van der Waals surface area contributed by atoms with Gasteiger partial charge < -0.3 is 106 Å². The second-order valence-corrected chi connectivity index (χ2v) is 32.9. The summed E-state index contributed by atoms with van der Waals surface area (Å²) in [4.78, 5) is 104. The van der Waals surface area contributed by atoms with Crippen LogP contribution in [0.15, 0.2) is 176 Å². The molecule has 8 heterocycles. The predicted octanol–water partition coefficient (Wildman–Crippen LogP) is 9.57. The van der Waals surface area contributed by atoms with Gasteiger partial charge in [0.25, 0.3) is 0 Å². The molecule has 0 saturated carbocycles. The zero-order chi connectivity index (χ0) is 93.1. The van der Waals surface area contributed by atoms with Crippen LogP contribution in [0.2, 0.25) is 0 Å². The summed E-state index contributed by atoms with van der Waals surface area (Å²) in [5.74, 6) is -1.35. The Kier molecular flexibility index (Phi) is 31.6. The maximum atomic E-state index is 11.6. The van der Waals surface area contributed by atoms with Crippen LogP contribution in [-0.2, 0) is 43.2 Å². The fourth-order valence-corrected chi connectivity index (χ4v) is 17.3. The number of nitrogens with one attached hydrogen (secondary N) is 1. The van der Waals surface area contributed by atoms with Gasteiger partial charge in [-0.1, -0.05) is 60.6 Å². The van der Waals surface area contributed by atoms with Crippen LogP contribution in [0.1, 0.15) is 154 Å². The van der Waals surface area contributed by atoms with Gasteiger partial charge in [-0.2, -0.15) is 4.98 Å². The summed E-state index contributed by atoms with van der Waals surface area (Å²) < 4.78 is 82.6. The molecule has 0 saturated heterocycles. The van der Waals surface area contributed by atoms with E-state index >= 15 is 0 Å². The Morgan fingerprint density at radius 2 is 1.13 bits per heavy atom. The van der Waals surface area contributed by atoms with E-state index in [0.717, 1.165) is 119 Å². The third kappa shape index (κ3) is 24.1. The zero-order valence-corrected chi connectivity index (χ0v) is 74.3. The number of furan rings is 1. The van der Waals surface area contributed by atoms with Crippen molar-refractivity contribution in [2.24, 2.45) is 0 Å². The number of carboxylic acid groups (broad SMARTS) is 6. The summed E-state index contributed by atoms with van der Waals surface area (Å²) >= 11 is 4.36. The van der Waals surface area contributed by atoms with Crippen LogP contribution in [0.3, 0.4) is 0 Å². The smallest absolute Gasteiger partial charge is 0.232 e. The lowest BCUT2D eigenvalue weighted by atomic mass is 9.97. The van der Waals surface area contributed by atoms with E-state index in [4.69, 9.17) is 46.8 Å². The lowest BCUT2D eigenvalue weighted by molar-refractivity contribution is -0.304. The van der Waals surface area contributed by atoms with E-state index in [9.17, 15) is 77.4 Å². The zero-order valence-electron chi connectivity index (χ0n) is 71.0. The molecule has 0 radical (unpaired) electrons. The lowest BCUT2D eigenvalue weighted by Crippen LogP contribution is -2.23. The van der Waals surface area contributed by atoms with Gasteiger partial charge in [0.15, 0.2) is 62.6 Å². The number of hydrogen-bond acceptors (Lipinski definition) is 33. The lowest BCUT2D eigenvalue weighted by Gasteiger charge is -2.19. The first kappa shape index (κ1) is 94.8. The Balaban J connectivity index is 0.000000150. The van der Waals surface area contributed by atoms with Crippen molar-refractivity contribution in [1.29, 1.82) is 0 Å². The third-order valence-corrected chi connectivity index (χ3v) is 23.7. The second-order valence-electron chi connectivity index (χ2n) is 28.3. The van der Waals surface area contributed by atoms with Gasteiger partial charge in [0.1, 0.15) is 30.5 Å². The quantitative estimate of drug-likeness (QED) is 0.0284. The van der Waals surface area contributed by atoms with Gasteiger partial charge >= 0.3 is 0 Å². The van der Waals surface area contributed by atoms with Crippen molar-refractivity contribution in [1.82, 2.24) is 28.9 Å². The number of allylic oxidation sites excluding steroid dienone is 1. The normalized spacial score (nSPS) is 12.1. The number of sulfonamides is 1. The number of nitrogens with zero attached hydrogens (tertiary/aromatic N) is 6. The van der Waals surface area contributed by atoms with Crippen molar-refractivity contribution < 1.29 is 124 Å². The SMILES string of the molecule is CC(=O)c1cc(CSc2ccccc2C(=O)[O-])oc1C.CCCS(=O)(=O)Nc1cc(C(C)=O)cc(C(=O)[O-])c1.COc1cc(C(=O)[O-])cc(OC)c1OCc1noc(C)n1.COc1ccc(-c2nc3scc(C)n3c2/C=C/C(=O)[O-])cc1C.Cc1csc2nc(-c3ccc4c(c3)OCO4)c(/C=C/C(=O)[O-])n12.O=C([O-])CC1=C(c2ccc3c(c2)OCCO3)Cc2ccccc21. The highest BCUT2D eigenvalue weighted by Gasteiger charge is 2.26. The number of aryl methyl sites for hydroxylation is 5. The molecule has 0 amide bonds. The fourth-order valence-electron chi connectivity index (χ4n) is 13.5. The molecule has 37 heteroatoms. The largest absolute Gasteiger partial charge is 0.550 e. The molecule has 0 fully saturated rings. The number of thiazole rings is 2. The fraction of sp³-hybridized carbons (Fsp3) is 0.217. The van der Waals surface area contributed by atoms with Gasteiger partial charge in [0.05, 0.1) is 91.0 Å². The minimum atomic E-state index is -3.54. The van der Waals surface area contributed by atoms with Crippen molar-refractivity contribution in [3.8, 4) is 68.5 Å². The molecule has 0 bridgehead atoms. The average molecular weight is 1830 g/mol. The molecule has 0 spiro atoms. The number of ketones is 2. The number of carbonyl (C=O) groups is 8. The molecule has 1 N–H and O–H groups in total. The van der Waals surface area contributed by atoms with Crippen molar-refractivity contribution >= 4 is 131 Å². The van der Waals surface area contributed by atoms with Crippen LogP contribution >= 0.6 is 34.4 Å². The summed E-state index contributed by atoms with van der Waals surface area (Å²) in [6, 6.07) is 39.5. The molecule has 1 aliphatic carbocycles. The molecule has 16 rings (SSSR count). The van der Waals surface area contributed by atoms with Crippen molar-refractivity contribution in [3.05, 3.63) is 259 Å². The summed E-state index contributed by atoms with van der Waals surface area (Å²) in [6.07, 6.45) is 6.14. The highest BCUT2D eigenvalue weighted by molar-refractivity contribution is 7.98. The van der Waals surface area contributed by atoms with Crippen LogP contribution < -0.4 is 73.3 Å². The van der Waals surface area contributed by atoms with Gasteiger partial charge in [-0.25, -0.2) is 18.4 Å². The molecule has 129 heavy (non-hydrogen) atoms. The molecule has 6 aromatic heterocycles. The Morgan fingerprint density at radius 1 is 0.581 bits per heavy atom. The highest BCUT2D eigenvalue weighted by Crippen LogP contribution is 2.45. The van der Waals surface area contributed by atoms with E-state index in [1.807, 2.05) is 119 Å². The van der Waals surface area contributed by atoms with Crippen molar-refractivity contribution in [3.63, 3.8) is 0 Å². The average Bonchev–Trinajstić information content (AvgIpc) is 1.61. The topological polar surface area (TPSA) is 482 Å². The van der Waals surface area contributed by atoms with Crippen LogP contribution in [-0.4, -0.2) is 132 Å². The summed E-state index contributed by atoms with van der Waals surface area (Å²) in [7, 11) is 0.863. The third-order valence-electron chi connectivity index (χ3n) is 19.3. The predicted molar refractivity (Wildman–Crippen MR) is 465 cm³/mol. The van der Waals surface area contributed by atoms with E-state index in [-0.39, 0.29) is 82.3 Å². The number of carboxylic acids is 6. The van der Waals surface area contributed by atoms with E-state index in [0.29, 0.717) is 87.7 Å². The Labute approximate surface area is 750 Å².